The van der Waals surface area contributed by atoms with E-state index in [1.165, 1.54) is 28.8 Å². The molecule has 0 aromatic heterocycles. The van der Waals surface area contributed by atoms with Crippen LogP contribution in [0.15, 0.2) is 47.4 Å². The van der Waals surface area contributed by atoms with Crippen molar-refractivity contribution in [3.63, 3.8) is 0 Å². The first-order valence-corrected chi connectivity index (χ1v) is 10.2. The Kier molecular flexibility index (Phi) is 6.04. The highest BCUT2D eigenvalue weighted by Gasteiger charge is 2.39. The number of thioether (sulfide) groups is 1. The molecule has 28 heavy (non-hydrogen) atoms. The average molecular weight is 398 g/mol. The lowest BCUT2D eigenvalue weighted by atomic mass is 9.99. The van der Waals surface area contributed by atoms with Gasteiger partial charge in [0, 0.05) is 11.8 Å². The molecule has 3 rings (SSSR count). The highest BCUT2D eigenvalue weighted by atomic mass is 32.2. The average Bonchev–Trinajstić information content (AvgIpc) is 2.85. The summed E-state index contributed by atoms with van der Waals surface area (Å²) in [5, 5.41) is 0.185. The van der Waals surface area contributed by atoms with Gasteiger partial charge in [-0.2, -0.15) is 0 Å². The molecular weight excluding hydrogens is 373 g/mol. The van der Waals surface area contributed by atoms with Crippen molar-refractivity contribution >= 4 is 29.1 Å². The molecule has 1 aliphatic rings. The summed E-state index contributed by atoms with van der Waals surface area (Å²) in [6.07, 6.45) is 0.498. The first-order valence-electron chi connectivity index (χ1n) is 9.37. The van der Waals surface area contributed by atoms with E-state index in [0.717, 1.165) is 22.3 Å². The minimum atomic E-state index is -0.300. The number of halogens is 1. The molecule has 1 aliphatic heterocycles. The zero-order chi connectivity index (χ0) is 20.4. The van der Waals surface area contributed by atoms with Gasteiger partial charge in [-0.3, -0.25) is 14.5 Å². The topological polar surface area (TPSA) is 37.4 Å². The Morgan fingerprint density at radius 2 is 1.68 bits per heavy atom. The predicted octanol–water partition coefficient (Wildman–Crippen LogP) is 4.91. The largest absolute Gasteiger partial charge is 0.274 e. The maximum atomic E-state index is 13.2. The van der Waals surface area contributed by atoms with Crippen molar-refractivity contribution in [3.8, 4) is 0 Å². The molecule has 0 saturated carbocycles. The van der Waals surface area contributed by atoms with Crippen LogP contribution in [0.5, 0.6) is 0 Å². The highest BCUT2D eigenvalue weighted by Crippen LogP contribution is 2.39. The van der Waals surface area contributed by atoms with Gasteiger partial charge in [-0.05, 0) is 49.1 Å². The number of aryl methyl sites for hydroxylation is 2. The lowest BCUT2D eigenvalue weighted by Crippen LogP contribution is -2.33. The van der Waals surface area contributed by atoms with Gasteiger partial charge in [-0.1, -0.05) is 49.7 Å². The Morgan fingerprint density at radius 3 is 2.29 bits per heavy atom. The van der Waals surface area contributed by atoms with E-state index < -0.39 is 0 Å². The molecule has 0 spiro atoms. The van der Waals surface area contributed by atoms with E-state index in [-0.39, 0.29) is 29.4 Å². The van der Waals surface area contributed by atoms with Crippen molar-refractivity contribution in [1.82, 2.24) is 4.90 Å². The normalized spacial score (nSPS) is 14.6. The van der Waals surface area contributed by atoms with Crippen LogP contribution in [0.1, 0.15) is 36.1 Å². The molecule has 146 valence electrons. The van der Waals surface area contributed by atoms with Crippen molar-refractivity contribution in [2.45, 2.75) is 39.4 Å². The van der Waals surface area contributed by atoms with Crippen molar-refractivity contribution in [2.24, 2.45) is 0 Å². The minimum Gasteiger partial charge on any atom is -0.274 e. The van der Waals surface area contributed by atoms with Crippen molar-refractivity contribution in [3.05, 3.63) is 75.4 Å². The van der Waals surface area contributed by atoms with Gasteiger partial charge in [-0.25, -0.2) is 4.39 Å². The molecule has 2 aromatic rings. The Labute approximate surface area is 169 Å². The lowest BCUT2D eigenvalue weighted by molar-refractivity contribution is -0.136. The number of amides is 2. The first-order chi connectivity index (χ1) is 13.3. The van der Waals surface area contributed by atoms with Crippen LogP contribution in [-0.2, 0) is 16.0 Å². The molecule has 2 aromatic carbocycles. The van der Waals surface area contributed by atoms with E-state index in [0.29, 0.717) is 16.9 Å². The van der Waals surface area contributed by atoms with Gasteiger partial charge in [0.1, 0.15) is 5.82 Å². The predicted molar refractivity (Wildman–Crippen MR) is 112 cm³/mol. The number of carbonyl (C=O) groups is 2. The zero-order valence-corrected chi connectivity index (χ0v) is 17.4. The molecule has 0 fully saturated rings. The molecule has 0 unspecified atom stereocenters. The van der Waals surface area contributed by atoms with Gasteiger partial charge >= 0.3 is 0 Å². The summed E-state index contributed by atoms with van der Waals surface area (Å²) < 4.78 is 13.1. The standard InChI is InChI=1S/C23H24FNO2S/c1-14(2)28-21-20(19-10-5-15(3)13-16(19)4)22(26)25(23(21)27)12-11-17-6-8-18(24)9-7-17/h5-10,13-14H,11-12H2,1-4H3. The van der Waals surface area contributed by atoms with E-state index in [2.05, 4.69) is 0 Å². The van der Waals surface area contributed by atoms with Gasteiger partial charge < -0.3 is 0 Å². The fourth-order valence-corrected chi connectivity index (χ4v) is 4.32. The molecule has 2 amide bonds. The molecule has 0 atom stereocenters. The van der Waals surface area contributed by atoms with Crippen molar-refractivity contribution in [2.75, 3.05) is 6.54 Å². The van der Waals surface area contributed by atoms with E-state index in [1.54, 1.807) is 12.1 Å². The third-order valence-corrected chi connectivity index (χ3v) is 5.75. The Morgan fingerprint density at radius 1 is 1.00 bits per heavy atom. The van der Waals surface area contributed by atoms with Crippen LogP contribution in [0.2, 0.25) is 0 Å². The summed E-state index contributed by atoms with van der Waals surface area (Å²) >= 11 is 1.44. The van der Waals surface area contributed by atoms with Crippen LogP contribution in [0.25, 0.3) is 5.57 Å². The molecule has 5 heteroatoms. The van der Waals surface area contributed by atoms with Crippen molar-refractivity contribution < 1.29 is 14.0 Å². The summed E-state index contributed by atoms with van der Waals surface area (Å²) in [4.78, 5) is 28.1. The number of nitrogens with zero attached hydrogens (tertiary/aromatic N) is 1. The molecule has 0 aliphatic carbocycles. The number of rotatable bonds is 6. The highest BCUT2D eigenvalue weighted by molar-refractivity contribution is 8.04. The second-order valence-electron chi connectivity index (χ2n) is 7.33. The maximum Gasteiger partial charge on any atom is 0.268 e. The van der Waals surface area contributed by atoms with Gasteiger partial charge in [-0.15, -0.1) is 11.8 Å². The van der Waals surface area contributed by atoms with E-state index >= 15 is 0 Å². The van der Waals surface area contributed by atoms with E-state index in [9.17, 15) is 14.0 Å². The van der Waals surface area contributed by atoms with Gasteiger partial charge in [0.15, 0.2) is 0 Å². The van der Waals surface area contributed by atoms with Crippen LogP contribution in [0.3, 0.4) is 0 Å². The number of imide groups is 1. The number of hydrogen-bond donors (Lipinski definition) is 0. The van der Waals surface area contributed by atoms with Crippen LogP contribution < -0.4 is 0 Å². The summed E-state index contributed by atoms with van der Waals surface area (Å²) in [6.45, 7) is 8.27. The van der Waals surface area contributed by atoms with Crippen LogP contribution in [0.4, 0.5) is 4.39 Å². The van der Waals surface area contributed by atoms with Crippen LogP contribution >= 0.6 is 11.8 Å². The molecule has 1 heterocycles. The second kappa shape index (κ2) is 8.31. The summed E-state index contributed by atoms with van der Waals surface area (Å²) in [5.74, 6) is -0.783. The van der Waals surface area contributed by atoms with Crippen LogP contribution in [-0.4, -0.2) is 28.5 Å². The molecule has 3 nitrogen and oxygen atoms in total. The fourth-order valence-electron chi connectivity index (χ4n) is 3.33. The van der Waals surface area contributed by atoms with Crippen molar-refractivity contribution in [1.29, 1.82) is 0 Å². The Bertz CT molecular complexity index is 948. The van der Waals surface area contributed by atoms with Gasteiger partial charge in [0.25, 0.3) is 11.8 Å². The third kappa shape index (κ3) is 4.20. The minimum absolute atomic E-state index is 0.185. The smallest absolute Gasteiger partial charge is 0.268 e. The zero-order valence-electron chi connectivity index (χ0n) is 16.6. The Hall–Kier alpha value is -2.40. The summed E-state index contributed by atoms with van der Waals surface area (Å²) in [7, 11) is 0. The third-order valence-electron chi connectivity index (χ3n) is 4.67. The SMILES string of the molecule is Cc1ccc(C2=C(SC(C)C)C(=O)N(CCc3ccc(F)cc3)C2=O)c(C)c1. The van der Waals surface area contributed by atoms with Crippen LogP contribution in [0, 0.1) is 19.7 Å². The van der Waals surface area contributed by atoms with Gasteiger partial charge in [0.05, 0.1) is 10.5 Å². The quantitative estimate of drug-likeness (QED) is 0.650. The molecule has 0 N–H and O–H groups in total. The summed E-state index contributed by atoms with van der Waals surface area (Å²) in [6, 6.07) is 12.1. The lowest BCUT2D eigenvalue weighted by Gasteiger charge is -2.15. The maximum absolute atomic E-state index is 13.2. The molecule has 0 bridgehead atoms. The number of benzene rings is 2. The van der Waals surface area contributed by atoms with E-state index in [1.807, 2.05) is 45.9 Å². The molecule has 0 radical (unpaired) electrons. The molecular formula is C23H24FNO2S. The first kappa shape index (κ1) is 20.3. The number of carbonyl (C=O) groups excluding carboxylic acids is 2. The fraction of sp³-hybridized carbons (Fsp3) is 0.304. The monoisotopic (exact) mass is 397 g/mol. The van der Waals surface area contributed by atoms with Gasteiger partial charge in [0.2, 0.25) is 0 Å². The number of hydrogen-bond acceptors (Lipinski definition) is 3. The second-order valence-corrected chi connectivity index (χ2v) is 8.91. The Balaban J connectivity index is 1.91. The molecule has 0 saturated heterocycles. The summed E-state index contributed by atoms with van der Waals surface area (Å²) in [5.41, 5.74) is 4.31. The van der Waals surface area contributed by atoms with E-state index in [4.69, 9.17) is 0 Å².